The first kappa shape index (κ1) is 15.1. The maximum atomic E-state index is 12.5. The molecule has 1 heterocycles. The van der Waals surface area contributed by atoms with Gasteiger partial charge in [-0.25, -0.2) is 0 Å². The SMILES string of the molecule is CC(C)CNc1nc(N)n(-c2ccc(C(F)(F)F)cc2)n1. The van der Waals surface area contributed by atoms with Crippen molar-refractivity contribution in [3.63, 3.8) is 0 Å². The Morgan fingerprint density at radius 2 is 1.86 bits per heavy atom. The maximum Gasteiger partial charge on any atom is 0.416 e. The van der Waals surface area contributed by atoms with Gasteiger partial charge in [-0.15, -0.1) is 5.10 Å². The monoisotopic (exact) mass is 299 g/mol. The lowest BCUT2D eigenvalue weighted by Gasteiger charge is -2.08. The highest BCUT2D eigenvalue weighted by Crippen LogP contribution is 2.29. The summed E-state index contributed by atoms with van der Waals surface area (Å²) in [5.74, 6) is 0.867. The van der Waals surface area contributed by atoms with Crippen molar-refractivity contribution in [1.29, 1.82) is 0 Å². The van der Waals surface area contributed by atoms with Crippen molar-refractivity contribution in [2.24, 2.45) is 5.92 Å². The first-order chi connectivity index (χ1) is 9.77. The highest BCUT2D eigenvalue weighted by molar-refractivity contribution is 5.43. The fourth-order valence-corrected chi connectivity index (χ4v) is 1.68. The van der Waals surface area contributed by atoms with Crippen LogP contribution in [0.5, 0.6) is 0 Å². The Morgan fingerprint density at radius 3 is 2.38 bits per heavy atom. The lowest BCUT2D eigenvalue weighted by molar-refractivity contribution is -0.137. The van der Waals surface area contributed by atoms with Gasteiger partial charge in [0, 0.05) is 6.54 Å². The van der Waals surface area contributed by atoms with Gasteiger partial charge in [-0.05, 0) is 30.2 Å². The Labute approximate surface area is 120 Å². The summed E-state index contributed by atoms with van der Waals surface area (Å²) in [6, 6.07) is 4.58. The van der Waals surface area contributed by atoms with Crippen LogP contribution >= 0.6 is 0 Å². The van der Waals surface area contributed by atoms with E-state index in [2.05, 4.69) is 15.4 Å². The quantitative estimate of drug-likeness (QED) is 0.910. The molecule has 8 heteroatoms. The number of hydrogen-bond acceptors (Lipinski definition) is 4. The summed E-state index contributed by atoms with van der Waals surface area (Å²) in [6.07, 6.45) is -4.36. The summed E-state index contributed by atoms with van der Waals surface area (Å²) in [7, 11) is 0. The molecule has 0 aliphatic carbocycles. The molecule has 0 amide bonds. The molecule has 0 spiro atoms. The molecular weight excluding hydrogens is 283 g/mol. The molecule has 1 aromatic heterocycles. The van der Waals surface area contributed by atoms with Crippen LogP contribution in [-0.2, 0) is 6.18 Å². The van der Waals surface area contributed by atoms with E-state index in [9.17, 15) is 13.2 Å². The molecular formula is C13H16F3N5. The third-order valence-electron chi connectivity index (χ3n) is 2.74. The number of alkyl halides is 3. The number of nitrogen functional groups attached to an aromatic ring is 1. The first-order valence-electron chi connectivity index (χ1n) is 6.41. The number of nitrogens with zero attached hydrogens (tertiary/aromatic N) is 3. The molecule has 0 saturated heterocycles. The minimum absolute atomic E-state index is 0.112. The molecule has 0 unspecified atom stereocenters. The molecule has 0 aliphatic rings. The second kappa shape index (κ2) is 5.63. The fourth-order valence-electron chi connectivity index (χ4n) is 1.68. The number of hydrogen-bond donors (Lipinski definition) is 2. The van der Waals surface area contributed by atoms with Crippen molar-refractivity contribution >= 4 is 11.9 Å². The summed E-state index contributed by atoms with van der Waals surface area (Å²) in [6.45, 7) is 4.74. The first-order valence-corrected chi connectivity index (χ1v) is 6.41. The predicted molar refractivity (Wildman–Crippen MR) is 74.1 cm³/mol. The zero-order valence-corrected chi connectivity index (χ0v) is 11.6. The molecule has 0 radical (unpaired) electrons. The third kappa shape index (κ3) is 3.65. The van der Waals surface area contributed by atoms with Crippen LogP contribution in [0, 0.1) is 5.92 Å². The van der Waals surface area contributed by atoms with Gasteiger partial charge in [0.15, 0.2) is 0 Å². The van der Waals surface area contributed by atoms with Crippen LogP contribution in [0.1, 0.15) is 19.4 Å². The molecule has 2 rings (SSSR count). The number of aromatic nitrogens is 3. The summed E-state index contributed by atoms with van der Waals surface area (Å²) < 4.78 is 38.8. The summed E-state index contributed by atoms with van der Waals surface area (Å²) >= 11 is 0. The lowest BCUT2D eigenvalue weighted by Crippen LogP contribution is -2.09. The van der Waals surface area contributed by atoms with E-state index in [4.69, 9.17) is 5.73 Å². The molecule has 0 fully saturated rings. The Hall–Kier alpha value is -2.25. The number of nitrogens with one attached hydrogen (secondary N) is 1. The van der Waals surface area contributed by atoms with Crippen molar-refractivity contribution in [1.82, 2.24) is 14.8 Å². The van der Waals surface area contributed by atoms with Crippen molar-refractivity contribution < 1.29 is 13.2 Å². The van der Waals surface area contributed by atoms with E-state index in [1.807, 2.05) is 13.8 Å². The summed E-state index contributed by atoms with van der Waals surface area (Å²) in [5, 5.41) is 7.14. The summed E-state index contributed by atoms with van der Waals surface area (Å²) in [4.78, 5) is 4.03. The highest BCUT2D eigenvalue weighted by atomic mass is 19.4. The molecule has 0 bridgehead atoms. The lowest BCUT2D eigenvalue weighted by atomic mass is 10.2. The second-order valence-corrected chi connectivity index (χ2v) is 5.02. The highest BCUT2D eigenvalue weighted by Gasteiger charge is 2.30. The van der Waals surface area contributed by atoms with Crippen LogP contribution in [0.4, 0.5) is 25.1 Å². The number of nitrogens with two attached hydrogens (primary N) is 1. The van der Waals surface area contributed by atoms with Gasteiger partial charge in [-0.1, -0.05) is 13.8 Å². The molecule has 1 aromatic carbocycles. The number of benzene rings is 1. The Bertz CT molecular complexity index is 601. The van der Waals surface area contributed by atoms with Gasteiger partial charge in [0.1, 0.15) is 0 Å². The Kier molecular flexibility index (Phi) is 4.06. The normalized spacial score (nSPS) is 11.9. The number of rotatable bonds is 4. The predicted octanol–water partition coefficient (Wildman–Crippen LogP) is 2.94. The second-order valence-electron chi connectivity index (χ2n) is 5.02. The van der Waals surface area contributed by atoms with Crippen LogP contribution in [0.3, 0.4) is 0 Å². The van der Waals surface area contributed by atoms with Gasteiger partial charge in [0.25, 0.3) is 0 Å². The molecule has 5 nitrogen and oxygen atoms in total. The van der Waals surface area contributed by atoms with Crippen LogP contribution in [0.2, 0.25) is 0 Å². The minimum atomic E-state index is -4.36. The van der Waals surface area contributed by atoms with Gasteiger partial charge in [0.2, 0.25) is 11.9 Å². The minimum Gasteiger partial charge on any atom is -0.368 e. The Balaban J connectivity index is 2.22. The van der Waals surface area contributed by atoms with E-state index >= 15 is 0 Å². The van der Waals surface area contributed by atoms with Gasteiger partial charge in [0.05, 0.1) is 11.3 Å². The fraction of sp³-hybridized carbons (Fsp3) is 0.385. The summed E-state index contributed by atoms with van der Waals surface area (Å²) in [5.41, 5.74) is 5.43. The van der Waals surface area contributed by atoms with E-state index in [1.54, 1.807) is 0 Å². The zero-order valence-electron chi connectivity index (χ0n) is 11.6. The third-order valence-corrected chi connectivity index (χ3v) is 2.74. The van der Waals surface area contributed by atoms with Crippen LogP contribution in [-0.4, -0.2) is 21.3 Å². The van der Waals surface area contributed by atoms with Gasteiger partial charge in [-0.3, -0.25) is 0 Å². The average molecular weight is 299 g/mol. The van der Waals surface area contributed by atoms with Crippen molar-refractivity contribution in [2.45, 2.75) is 20.0 Å². The van der Waals surface area contributed by atoms with Crippen LogP contribution < -0.4 is 11.1 Å². The van der Waals surface area contributed by atoms with E-state index in [1.165, 1.54) is 16.8 Å². The van der Waals surface area contributed by atoms with Gasteiger partial charge >= 0.3 is 6.18 Å². The molecule has 114 valence electrons. The molecule has 0 saturated carbocycles. The van der Waals surface area contributed by atoms with Crippen molar-refractivity contribution in [3.05, 3.63) is 29.8 Å². The zero-order chi connectivity index (χ0) is 15.6. The topological polar surface area (TPSA) is 68.8 Å². The maximum absolute atomic E-state index is 12.5. The standard InChI is InChI=1S/C13H16F3N5/c1-8(2)7-18-12-19-11(17)21(20-12)10-5-3-9(4-6-10)13(14,15)16/h3-6,8H,7H2,1-2H3,(H3,17,18,19,20). The van der Waals surface area contributed by atoms with Crippen LogP contribution in [0.25, 0.3) is 5.69 Å². The Morgan fingerprint density at radius 1 is 1.24 bits per heavy atom. The molecule has 2 aromatic rings. The largest absolute Gasteiger partial charge is 0.416 e. The van der Waals surface area contributed by atoms with Gasteiger partial charge < -0.3 is 11.1 Å². The smallest absolute Gasteiger partial charge is 0.368 e. The molecule has 0 atom stereocenters. The molecule has 0 aliphatic heterocycles. The molecule has 3 N–H and O–H groups in total. The van der Waals surface area contributed by atoms with E-state index < -0.39 is 11.7 Å². The van der Waals surface area contributed by atoms with Crippen molar-refractivity contribution in [2.75, 3.05) is 17.6 Å². The van der Waals surface area contributed by atoms with Crippen molar-refractivity contribution in [3.8, 4) is 5.69 Å². The van der Waals surface area contributed by atoms with E-state index in [-0.39, 0.29) is 5.95 Å². The van der Waals surface area contributed by atoms with Crippen LogP contribution in [0.15, 0.2) is 24.3 Å². The molecule has 21 heavy (non-hydrogen) atoms. The van der Waals surface area contributed by atoms with Gasteiger partial charge in [-0.2, -0.15) is 22.8 Å². The average Bonchev–Trinajstić information content (AvgIpc) is 2.77. The van der Waals surface area contributed by atoms with E-state index in [0.717, 1.165) is 12.1 Å². The number of halogens is 3. The number of anilines is 2. The van der Waals surface area contributed by atoms with E-state index in [0.29, 0.717) is 24.1 Å².